The van der Waals surface area contributed by atoms with Gasteiger partial charge in [-0.15, -0.1) is 0 Å². The van der Waals surface area contributed by atoms with Gasteiger partial charge in [0.1, 0.15) is 0 Å². The summed E-state index contributed by atoms with van der Waals surface area (Å²) in [4.78, 5) is 11.8. The predicted octanol–water partition coefficient (Wildman–Crippen LogP) is 3.38. The third-order valence-electron chi connectivity index (χ3n) is 2.02. The van der Waals surface area contributed by atoms with Crippen molar-refractivity contribution in [3.05, 3.63) is 46.1 Å². The molecule has 1 aromatic carbocycles. The number of ether oxygens (including phenoxy) is 1. The Morgan fingerprint density at radius 2 is 2.35 bits per heavy atom. The van der Waals surface area contributed by atoms with Crippen LogP contribution < -0.4 is 5.32 Å². The normalized spacial score (nSPS) is 9.76. The molecule has 0 atom stereocenters. The summed E-state index contributed by atoms with van der Waals surface area (Å²) in [5, 5.41) is 3.38. The van der Waals surface area contributed by atoms with Crippen molar-refractivity contribution >= 4 is 33.4 Å². The van der Waals surface area contributed by atoms with Gasteiger partial charge in [-0.05, 0) is 40.5 Å². The minimum atomic E-state index is -0.132. The molecule has 0 radical (unpaired) electrons. The minimum Gasteiger partial charge on any atom is -0.502 e. The fourth-order valence-corrected chi connectivity index (χ4v) is 2.07. The van der Waals surface area contributed by atoms with Gasteiger partial charge in [0, 0.05) is 16.0 Å². The summed E-state index contributed by atoms with van der Waals surface area (Å²) >= 11 is 9.09. The SMILES string of the molecule is C=COCCCNC(=O)c1ccc(Cl)cc1Br. The van der Waals surface area contributed by atoms with Crippen molar-refractivity contribution in [2.24, 2.45) is 0 Å². The maximum atomic E-state index is 11.8. The van der Waals surface area contributed by atoms with Crippen molar-refractivity contribution in [2.45, 2.75) is 6.42 Å². The van der Waals surface area contributed by atoms with Crippen LogP contribution in [-0.2, 0) is 4.74 Å². The zero-order valence-corrected chi connectivity index (χ0v) is 11.6. The summed E-state index contributed by atoms with van der Waals surface area (Å²) < 4.78 is 5.63. The third-order valence-corrected chi connectivity index (χ3v) is 2.91. The quantitative estimate of drug-likeness (QED) is 0.645. The molecule has 0 saturated carbocycles. The molecule has 92 valence electrons. The third kappa shape index (κ3) is 4.79. The molecule has 17 heavy (non-hydrogen) atoms. The fraction of sp³-hybridized carbons (Fsp3) is 0.250. The maximum absolute atomic E-state index is 11.8. The monoisotopic (exact) mass is 317 g/mol. The molecule has 0 bridgehead atoms. The van der Waals surface area contributed by atoms with E-state index in [-0.39, 0.29) is 5.91 Å². The molecule has 1 N–H and O–H groups in total. The van der Waals surface area contributed by atoms with Gasteiger partial charge >= 0.3 is 0 Å². The summed E-state index contributed by atoms with van der Waals surface area (Å²) in [6, 6.07) is 5.06. The number of carbonyl (C=O) groups is 1. The average Bonchev–Trinajstić information content (AvgIpc) is 2.28. The van der Waals surface area contributed by atoms with E-state index in [0.717, 1.165) is 6.42 Å². The molecular weight excluding hydrogens is 305 g/mol. The first-order chi connectivity index (χ1) is 8.15. The van der Waals surface area contributed by atoms with E-state index < -0.39 is 0 Å². The van der Waals surface area contributed by atoms with Gasteiger partial charge in [-0.3, -0.25) is 4.79 Å². The molecule has 1 rings (SSSR count). The number of benzene rings is 1. The predicted molar refractivity (Wildman–Crippen MR) is 72.3 cm³/mol. The molecule has 0 aliphatic carbocycles. The highest BCUT2D eigenvalue weighted by Crippen LogP contribution is 2.21. The smallest absolute Gasteiger partial charge is 0.252 e. The molecule has 0 aromatic heterocycles. The highest BCUT2D eigenvalue weighted by Gasteiger charge is 2.09. The van der Waals surface area contributed by atoms with Crippen LogP contribution in [0.15, 0.2) is 35.5 Å². The van der Waals surface area contributed by atoms with Gasteiger partial charge in [0.05, 0.1) is 18.4 Å². The zero-order chi connectivity index (χ0) is 12.7. The Kier molecular flexibility index (Phi) is 6.08. The van der Waals surface area contributed by atoms with Gasteiger partial charge in [-0.1, -0.05) is 18.2 Å². The van der Waals surface area contributed by atoms with Crippen LogP contribution >= 0.6 is 27.5 Å². The molecule has 0 aliphatic rings. The first kappa shape index (κ1) is 14.1. The molecule has 0 spiro atoms. The number of halogens is 2. The number of hydrogen-bond donors (Lipinski definition) is 1. The molecule has 1 amide bonds. The van der Waals surface area contributed by atoms with E-state index in [1.807, 2.05) is 0 Å². The van der Waals surface area contributed by atoms with Gasteiger partial charge in [0.2, 0.25) is 0 Å². The summed E-state index contributed by atoms with van der Waals surface area (Å²) in [5.74, 6) is -0.132. The van der Waals surface area contributed by atoms with E-state index in [1.54, 1.807) is 18.2 Å². The lowest BCUT2D eigenvalue weighted by Crippen LogP contribution is -2.25. The lowest BCUT2D eigenvalue weighted by molar-refractivity contribution is 0.0949. The second-order valence-electron chi connectivity index (χ2n) is 3.27. The average molecular weight is 319 g/mol. The number of amides is 1. The zero-order valence-electron chi connectivity index (χ0n) is 9.21. The van der Waals surface area contributed by atoms with Gasteiger partial charge in [0.15, 0.2) is 0 Å². The van der Waals surface area contributed by atoms with Crippen LogP contribution in [0.3, 0.4) is 0 Å². The first-order valence-corrected chi connectivity index (χ1v) is 6.28. The van der Waals surface area contributed by atoms with E-state index in [1.165, 1.54) is 6.26 Å². The summed E-state index contributed by atoms with van der Waals surface area (Å²) in [6.07, 6.45) is 2.13. The number of carbonyl (C=O) groups excluding carboxylic acids is 1. The molecule has 1 aromatic rings. The van der Waals surface area contributed by atoms with Crippen LogP contribution in [0.25, 0.3) is 0 Å². The standard InChI is InChI=1S/C12H13BrClNO2/c1-2-17-7-3-6-15-12(16)10-5-4-9(14)8-11(10)13/h2,4-5,8H,1,3,6-7H2,(H,15,16). The van der Waals surface area contributed by atoms with Gasteiger partial charge in [-0.2, -0.15) is 0 Å². The molecule has 0 saturated heterocycles. The number of hydrogen-bond acceptors (Lipinski definition) is 2. The van der Waals surface area contributed by atoms with Gasteiger partial charge in [-0.25, -0.2) is 0 Å². The first-order valence-electron chi connectivity index (χ1n) is 5.11. The summed E-state index contributed by atoms with van der Waals surface area (Å²) in [6.45, 7) is 4.54. The largest absolute Gasteiger partial charge is 0.502 e. The van der Waals surface area contributed by atoms with E-state index in [0.29, 0.717) is 28.2 Å². The lowest BCUT2D eigenvalue weighted by Gasteiger charge is -2.07. The van der Waals surface area contributed by atoms with Crippen LogP contribution in [0.5, 0.6) is 0 Å². The van der Waals surface area contributed by atoms with E-state index in [9.17, 15) is 4.79 Å². The Morgan fingerprint density at radius 1 is 1.59 bits per heavy atom. The highest BCUT2D eigenvalue weighted by atomic mass is 79.9. The van der Waals surface area contributed by atoms with Crippen molar-refractivity contribution in [1.29, 1.82) is 0 Å². The Bertz CT molecular complexity index is 409. The molecule has 3 nitrogen and oxygen atoms in total. The molecule has 5 heteroatoms. The van der Waals surface area contributed by atoms with Crippen LogP contribution in [0.4, 0.5) is 0 Å². The van der Waals surface area contributed by atoms with Crippen molar-refractivity contribution in [2.75, 3.05) is 13.2 Å². The van der Waals surface area contributed by atoms with E-state index in [4.69, 9.17) is 16.3 Å². The van der Waals surface area contributed by atoms with Crippen molar-refractivity contribution in [1.82, 2.24) is 5.32 Å². The topological polar surface area (TPSA) is 38.3 Å². The Morgan fingerprint density at radius 3 is 3.00 bits per heavy atom. The van der Waals surface area contributed by atoms with Crippen molar-refractivity contribution in [3.8, 4) is 0 Å². The fourth-order valence-electron chi connectivity index (χ4n) is 1.21. The number of rotatable bonds is 6. The van der Waals surface area contributed by atoms with Crippen LogP contribution in [0.1, 0.15) is 16.8 Å². The molecule has 0 fully saturated rings. The maximum Gasteiger partial charge on any atom is 0.252 e. The van der Waals surface area contributed by atoms with Crippen LogP contribution in [-0.4, -0.2) is 19.1 Å². The van der Waals surface area contributed by atoms with Crippen LogP contribution in [0.2, 0.25) is 5.02 Å². The summed E-state index contributed by atoms with van der Waals surface area (Å²) in [5.41, 5.74) is 0.569. The molecule has 0 heterocycles. The van der Waals surface area contributed by atoms with Gasteiger partial charge < -0.3 is 10.1 Å². The Hall–Kier alpha value is -1.000. The summed E-state index contributed by atoms with van der Waals surface area (Å²) in [7, 11) is 0. The molecule has 0 aliphatic heterocycles. The highest BCUT2D eigenvalue weighted by molar-refractivity contribution is 9.10. The van der Waals surface area contributed by atoms with E-state index >= 15 is 0 Å². The Balaban J connectivity index is 2.44. The molecule has 0 unspecified atom stereocenters. The lowest BCUT2D eigenvalue weighted by atomic mass is 10.2. The van der Waals surface area contributed by atoms with Crippen molar-refractivity contribution < 1.29 is 9.53 Å². The Labute approximate surface area is 114 Å². The van der Waals surface area contributed by atoms with Gasteiger partial charge in [0.25, 0.3) is 5.91 Å². The number of nitrogens with one attached hydrogen (secondary N) is 1. The minimum absolute atomic E-state index is 0.132. The second-order valence-corrected chi connectivity index (χ2v) is 4.56. The van der Waals surface area contributed by atoms with E-state index in [2.05, 4.69) is 27.8 Å². The van der Waals surface area contributed by atoms with Crippen molar-refractivity contribution in [3.63, 3.8) is 0 Å². The molecular formula is C12H13BrClNO2. The second kappa shape index (κ2) is 7.35. The van der Waals surface area contributed by atoms with Crippen LogP contribution in [0, 0.1) is 0 Å².